The molecule has 0 radical (unpaired) electrons. The molecule has 4 rings (SSSR count). The van der Waals surface area contributed by atoms with Crippen LogP contribution in [0.4, 0.5) is 17.6 Å². The molecule has 176 valence electrons. The zero-order valence-corrected chi connectivity index (χ0v) is 20.0. The lowest BCUT2D eigenvalue weighted by molar-refractivity contribution is 0.291. The third-order valence-corrected chi connectivity index (χ3v) is 5.56. The van der Waals surface area contributed by atoms with Gasteiger partial charge in [0.1, 0.15) is 5.58 Å². The number of hydrogen-bond acceptors (Lipinski definition) is 8. The lowest BCUT2D eigenvalue weighted by Gasteiger charge is -2.22. The summed E-state index contributed by atoms with van der Waals surface area (Å²) in [4.78, 5) is 30.2. The van der Waals surface area contributed by atoms with Gasteiger partial charge in [-0.2, -0.15) is 15.0 Å². The second kappa shape index (κ2) is 10.3. The lowest BCUT2D eigenvalue weighted by Crippen LogP contribution is -2.26. The first-order valence-electron chi connectivity index (χ1n) is 11.5. The van der Waals surface area contributed by atoms with Gasteiger partial charge in [0.25, 0.3) is 0 Å². The second-order valence-corrected chi connectivity index (χ2v) is 7.83. The molecule has 8 heteroatoms. The lowest BCUT2D eigenvalue weighted by atomic mass is 10.1. The first-order valence-corrected chi connectivity index (χ1v) is 11.5. The van der Waals surface area contributed by atoms with Gasteiger partial charge in [0.2, 0.25) is 11.9 Å². The van der Waals surface area contributed by atoms with E-state index in [0.717, 1.165) is 36.1 Å². The van der Waals surface area contributed by atoms with Crippen molar-refractivity contribution in [1.29, 1.82) is 0 Å². The van der Waals surface area contributed by atoms with Crippen molar-refractivity contribution in [2.45, 2.75) is 27.2 Å². The molecule has 4 aromatic rings. The standard InChI is InChI=1S/C26H29N5O3/c1-5-15-33-26-28-24(27-25(29-26)31(6-2)7-3)30(4)20-14-13-19-16-21(18-11-9-8-10-12-18)23(32)34-22(19)17-20/h8-14,16-17H,5-7,15H2,1-4H3. The summed E-state index contributed by atoms with van der Waals surface area (Å²) in [6.45, 7) is 8.20. The predicted octanol–water partition coefficient (Wildman–Crippen LogP) is 5.05. The summed E-state index contributed by atoms with van der Waals surface area (Å²) < 4.78 is 11.4. The highest BCUT2D eigenvalue weighted by Gasteiger charge is 2.17. The minimum absolute atomic E-state index is 0.292. The number of ether oxygens (including phenoxy) is 1. The monoisotopic (exact) mass is 459 g/mol. The molecule has 34 heavy (non-hydrogen) atoms. The topological polar surface area (TPSA) is 84.6 Å². The molecular formula is C26H29N5O3. The summed E-state index contributed by atoms with van der Waals surface area (Å²) in [6, 6.07) is 17.4. The van der Waals surface area contributed by atoms with Crippen LogP contribution in [0.5, 0.6) is 6.01 Å². The summed E-state index contributed by atoms with van der Waals surface area (Å²) in [6.07, 6.45) is 0.853. The molecule has 2 aromatic heterocycles. The van der Waals surface area contributed by atoms with Crippen molar-refractivity contribution in [2.24, 2.45) is 0 Å². The fraction of sp³-hybridized carbons (Fsp3) is 0.308. The first-order chi connectivity index (χ1) is 16.5. The Morgan fingerprint density at radius 1 is 0.912 bits per heavy atom. The van der Waals surface area contributed by atoms with Crippen LogP contribution in [0.15, 0.2) is 63.8 Å². The number of anilines is 3. The normalized spacial score (nSPS) is 10.9. The van der Waals surface area contributed by atoms with Gasteiger partial charge in [-0.1, -0.05) is 37.3 Å². The molecule has 0 aliphatic heterocycles. The smallest absolute Gasteiger partial charge is 0.344 e. The number of nitrogens with zero attached hydrogens (tertiary/aromatic N) is 5. The molecule has 2 heterocycles. The molecule has 0 aliphatic carbocycles. The van der Waals surface area contributed by atoms with Gasteiger partial charge in [-0.05, 0) is 44.0 Å². The highest BCUT2D eigenvalue weighted by molar-refractivity contribution is 5.85. The summed E-state index contributed by atoms with van der Waals surface area (Å²) >= 11 is 0. The van der Waals surface area contributed by atoms with Gasteiger partial charge in [-0.15, -0.1) is 0 Å². The molecule has 0 atom stereocenters. The number of fused-ring (bicyclic) bond motifs is 1. The molecule has 0 N–H and O–H groups in total. The van der Waals surface area contributed by atoms with Crippen LogP contribution >= 0.6 is 0 Å². The van der Waals surface area contributed by atoms with Gasteiger partial charge in [-0.3, -0.25) is 0 Å². The van der Waals surface area contributed by atoms with E-state index in [4.69, 9.17) is 9.15 Å². The van der Waals surface area contributed by atoms with Crippen molar-refractivity contribution < 1.29 is 9.15 Å². The Morgan fingerprint density at radius 2 is 1.65 bits per heavy atom. The van der Waals surface area contributed by atoms with Crippen LogP contribution in [0, 0.1) is 0 Å². The highest BCUT2D eigenvalue weighted by atomic mass is 16.5. The van der Waals surface area contributed by atoms with Crippen LogP contribution in [0.2, 0.25) is 0 Å². The SMILES string of the molecule is CCCOc1nc(N(CC)CC)nc(N(C)c2ccc3cc(-c4ccccc4)c(=O)oc3c2)n1. The number of benzene rings is 2. The summed E-state index contributed by atoms with van der Waals surface area (Å²) in [5, 5.41) is 0.835. The molecule has 0 amide bonds. The fourth-order valence-corrected chi connectivity index (χ4v) is 3.63. The molecular weight excluding hydrogens is 430 g/mol. The van der Waals surface area contributed by atoms with Crippen LogP contribution in [0.3, 0.4) is 0 Å². The van der Waals surface area contributed by atoms with E-state index in [1.54, 1.807) is 0 Å². The second-order valence-electron chi connectivity index (χ2n) is 7.83. The van der Waals surface area contributed by atoms with Crippen molar-refractivity contribution in [3.8, 4) is 17.1 Å². The Morgan fingerprint density at radius 3 is 2.35 bits per heavy atom. The molecule has 0 spiro atoms. The Hall–Kier alpha value is -3.94. The van der Waals surface area contributed by atoms with Crippen molar-refractivity contribution in [3.05, 3.63) is 65.0 Å². The van der Waals surface area contributed by atoms with E-state index in [1.807, 2.05) is 78.4 Å². The third kappa shape index (κ3) is 4.85. The van der Waals surface area contributed by atoms with Gasteiger partial charge >= 0.3 is 11.6 Å². The molecule has 0 unspecified atom stereocenters. The van der Waals surface area contributed by atoms with Crippen molar-refractivity contribution in [1.82, 2.24) is 15.0 Å². The fourth-order valence-electron chi connectivity index (χ4n) is 3.63. The maximum absolute atomic E-state index is 12.7. The molecule has 8 nitrogen and oxygen atoms in total. The van der Waals surface area contributed by atoms with Crippen molar-refractivity contribution in [3.63, 3.8) is 0 Å². The van der Waals surface area contributed by atoms with Crippen molar-refractivity contribution >= 4 is 28.6 Å². The summed E-state index contributed by atoms with van der Waals surface area (Å²) in [5.74, 6) is 1.01. The quantitative estimate of drug-likeness (QED) is 0.322. The minimum Gasteiger partial charge on any atom is -0.463 e. The van der Waals surface area contributed by atoms with E-state index >= 15 is 0 Å². The van der Waals surface area contributed by atoms with E-state index in [0.29, 0.717) is 35.7 Å². The van der Waals surface area contributed by atoms with Crippen LogP contribution < -0.4 is 20.2 Å². The molecule has 0 fully saturated rings. The summed E-state index contributed by atoms with van der Waals surface area (Å²) in [7, 11) is 1.86. The molecule has 0 bridgehead atoms. The molecule has 2 aromatic carbocycles. The van der Waals surface area contributed by atoms with Crippen LogP contribution in [0.25, 0.3) is 22.1 Å². The maximum Gasteiger partial charge on any atom is 0.344 e. The van der Waals surface area contributed by atoms with Gasteiger partial charge in [-0.25, -0.2) is 4.79 Å². The van der Waals surface area contributed by atoms with Gasteiger partial charge in [0, 0.05) is 37.3 Å². The van der Waals surface area contributed by atoms with E-state index < -0.39 is 0 Å². The average Bonchev–Trinajstić information content (AvgIpc) is 2.87. The van der Waals surface area contributed by atoms with E-state index in [9.17, 15) is 4.79 Å². The zero-order valence-electron chi connectivity index (χ0n) is 20.0. The van der Waals surface area contributed by atoms with Crippen molar-refractivity contribution in [2.75, 3.05) is 36.5 Å². The first kappa shape index (κ1) is 23.2. The third-order valence-electron chi connectivity index (χ3n) is 5.56. The Balaban J connectivity index is 1.72. The van der Waals surface area contributed by atoms with Crippen LogP contribution in [0.1, 0.15) is 27.2 Å². The number of rotatable bonds is 9. The molecule has 0 saturated heterocycles. The Bertz CT molecular complexity index is 1320. The average molecular weight is 460 g/mol. The predicted molar refractivity (Wildman–Crippen MR) is 135 cm³/mol. The largest absolute Gasteiger partial charge is 0.463 e. The van der Waals surface area contributed by atoms with Gasteiger partial charge < -0.3 is 19.0 Å². The van der Waals surface area contributed by atoms with E-state index in [2.05, 4.69) is 28.8 Å². The zero-order chi connectivity index (χ0) is 24.1. The Kier molecular flexibility index (Phi) is 7.06. The van der Waals surface area contributed by atoms with E-state index in [1.165, 1.54) is 0 Å². The van der Waals surface area contributed by atoms with Crippen LogP contribution in [-0.2, 0) is 0 Å². The number of aromatic nitrogens is 3. The molecule has 0 aliphatic rings. The van der Waals surface area contributed by atoms with Crippen LogP contribution in [-0.4, -0.2) is 41.7 Å². The van der Waals surface area contributed by atoms with Gasteiger partial charge in [0.15, 0.2) is 0 Å². The summed E-state index contributed by atoms with van der Waals surface area (Å²) in [5.41, 5.74) is 2.26. The number of hydrogen-bond donors (Lipinski definition) is 0. The maximum atomic E-state index is 12.7. The Labute approximate surface area is 198 Å². The highest BCUT2D eigenvalue weighted by Crippen LogP contribution is 2.28. The minimum atomic E-state index is -0.377. The molecule has 0 saturated carbocycles. The van der Waals surface area contributed by atoms with Gasteiger partial charge in [0.05, 0.1) is 12.2 Å². The van der Waals surface area contributed by atoms with E-state index in [-0.39, 0.29) is 5.63 Å².